The monoisotopic (exact) mass is 289 g/mol. The topological polar surface area (TPSA) is 30.5 Å². The van der Waals surface area contributed by atoms with Crippen LogP contribution in [0.15, 0.2) is 0 Å². The minimum absolute atomic E-state index is 0.187. The Morgan fingerprint density at radius 2 is 1.78 bits per heavy atom. The summed E-state index contributed by atoms with van der Waals surface area (Å²) in [6.45, 7) is 12.3. The molecule has 1 aliphatic heterocycles. The summed E-state index contributed by atoms with van der Waals surface area (Å²) in [6, 6.07) is 1.25. The fourth-order valence-corrected chi connectivity index (χ4v) is 4.77. The second-order valence-corrected chi connectivity index (χ2v) is 11.1. The number of hydrogen-bond acceptors (Lipinski definition) is 3. The molecule has 0 aromatic rings. The molecule has 108 valence electrons. The van der Waals surface area contributed by atoms with E-state index in [1.807, 2.05) is 0 Å². The van der Waals surface area contributed by atoms with Crippen LogP contribution < -0.4 is 5.32 Å². The van der Waals surface area contributed by atoms with Gasteiger partial charge in [0.2, 0.25) is 0 Å². The number of nitrogens with one attached hydrogen (secondary N) is 1. The standard InChI is InChI=1S/C13H31NO2Si2/c1-12(2)9-11(10-13(3,4)14-12)15-7-6-8-18(5)16-17/h11,14,18H,6-10H2,1-5,17H3. The lowest BCUT2D eigenvalue weighted by atomic mass is 9.81. The number of hydrogen-bond donors (Lipinski definition) is 1. The van der Waals surface area contributed by atoms with Crippen LogP contribution in [0.1, 0.15) is 47.0 Å². The third kappa shape index (κ3) is 5.97. The van der Waals surface area contributed by atoms with E-state index in [1.165, 1.54) is 12.5 Å². The summed E-state index contributed by atoms with van der Waals surface area (Å²) in [4.78, 5) is 0. The first kappa shape index (κ1) is 16.4. The molecule has 0 saturated carbocycles. The Balaban J connectivity index is 2.29. The summed E-state index contributed by atoms with van der Waals surface area (Å²) in [5.74, 6) is 0. The smallest absolute Gasteiger partial charge is 0.159 e. The first-order valence-electron chi connectivity index (χ1n) is 7.18. The minimum Gasteiger partial charge on any atom is -0.466 e. The van der Waals surface area contributed by atoms with E-state index in [0.717, 1.165) is 29.9 Å². The molecule has 18 heavy (non-hydrogen) atoms. The molecule has 0 radical (unpaired) electrons. The van der Waals surface area contributed by atoms with Gasteiger partial charge in [0.25, 0.3) is 0 Å². The fraction of sp³-hybridized carbons (Fsp3) is 1.00. The molecule has 1 atom stereocenters. The highest BCUT2D eigenvalue weighted by Gasteiger charge is 2.37. The van der Waals surface area contributed by atoms with Gasteiger partial charge in [0.1, 0.15) is 10.5 Å². The molecule has 1 aliphatic rings. The van der Waals surface area contributed by atoms with Gasteiger partial charge in [-0.1, -0.05) is 0 Å². The van der Waals surface area contributed by atoms with E-state index in [9.17, 15) is 0 Å². The van der Waals surface area contributed by atoms with E-state index in [2.05, 4.69) is 39.6 Å². The maximum Gasteiger partial charge on any atom is 0.159 e. The Morgan fingerprint density at radius 1 is 1.22 bits per heavy atom. The van der Waals surface area contributed by atoms with Crippen molar-refractivity contribution in [3.8, 4) is 0 Å². The van der Waals surface area contributed by atoms with Crippen LogP contribution in [0.5, 0.6) is 0 Å². The van der Waals surface area contributed by atoms with Crippen LogP contribution in [-0.2, 0) is 8.85 Å². The van der Waals surface area contributed by atoms with Gasteiger partial charge in [-0.2, -0.15) is 0 Å². The molecule has 0 spiro atoms. The highest BCUT2D eigenvalue weighted by Crippen LogP contribution is 2.30. The summed E-state index contributed by atoms with van der Waals surface area (Å²) < 4.78 is 11.6. The summed E-state index contributed by atoms with van der Waals surface area (Å²) in [7, 11) is 0.0594. The van der Waals surface area contributed by atoms with Crippen LogP contribution in [0.2, 0.25) is 12.6 Å². The van der Waals surface area contributed by atoms with E-state index in [4.69, 9.17) is 8.85 Å². The second kappa shape index (κ2) is 6.65. The van der Waals surface area contributed by atoms with E-state index in [-0.39, 0.29) is 11.1 Å². The quantitative estimate of drug-likeness (QED) is 0.591. The zero-order valence-electron chi connectivity index (χ0n) is 13.0. The minimum atomic E-state index is -0.839. The van der Waals surface area contributed by atoms with Crippen molar-refractivity contribution in [2.45, 2.75) is 76.7 Å². The molecule has 1 unspecified atom stereocenters. The van der Waals surface area contributed by atoms with Gasteiger partial charge in [0.05, 0.1) is 6.10 Å². The lowest BCUT2D eigenvalue weighted by Crippen LogP contribution is -2.59. The first-order valence-corrected chi connectivity index (χ1v) is 10.4. The summed E-state index contributed by atoms with van der Waals surface area (Å²) >= 11 is 0. The Morgan fingerprint density at radius 3 is 2.28 bits per heavy atom. The van der Waals surface area contributed by atoms with E-state index < -0.39 is 9.04 Å². The van der Waals surface area contributed by atoms with Gasteiger partial charge in [-0.05, 0) is 59.5 Å². The zero-order chi connectivity index (χ0) is 13.8. The average molecular weight is 290 g/mol. The average Bonchev–Trinajstić information content (AvgIpc) is 2.19. The molecule has 0 aromatic heterocycles. The second-order valence-electron chi connectivity index (χ2n) is 6.98. The van der Waals surface area contributed by atoms with Crippen molar-refractivity contribution in [1.29, 1.82) is 0 Å². The van der Waals surface area contributed by atoms with E-state index in [1.54, 1.807) is 0 Å². The van der Waals surface area contributed by atoms with Crippen LogP contribution in [0.3, 0.4) is 0 Å². The molecule has 5 heteroatoms. The Kier molecular flexibility index (Phi) is 6.05. The normalized spacial score (nSPS) is 25.2. The van der Waals surface area contributed by atoms with Crippen LogP contribution in [0.25, 0.3) is 0 Å². The Bertz CT molecular complexity index is 243. The van der Waals surface area contributed by atoms with Gasteiger partial charge in [-0.15, -0.1) is 0 Å². The van der Waals surface area contributed by atoms with Crippen LogP contribution >= 0.6 is 0 Å². The van der Waals surface area contributed by atoms with Crippen LogP contribution in [0.4, 0.5) is 0 Å². The highest BCUT2D eigenvalue weighted by atomic mass is 28.3. The van der Waals surface area contributed by atoms with Crippen molar-refractivity contribution in [2.75, 3.05) is 6.61 Å². The van der Waals surface area contributed by atoms with Gasteiger partial charge >= 0.3 is 0 Å². The third-order valence-electron chi connectivity index (χ3n) is 3.66. The molecule has 1 heterocycles. The Hall–Kier alpha value is 0.314. The molecule has 3 nitrogen and oxygen atoms in total. The maximum atomic E-state index is 6.09. The van der Waals surface area contributed by atoms with Crippen LogP contribution in [-0.4, -0.2) is 43.3 Å². The summed E-state index contributed by atoms with van der Waals surface area (Å²) in [5.41, 5.74) is 0.374. The maximum absolute atomic E-state index is 6.09. The molecular formula is C13H31NO2Si2. The molecule has 1 fully saturated rings. The van der Waals surface area contributed by atoms with Crippen molar-refractivity contribution in [1.82, 2.24) is 5.32 Å². The number of piperidine rings is 1. The SMILES string of the molecule is C[SiH](CCCOC1CC(C)(C)NC(C)(C)C1)O[SiH3]. The predicted molar refractivity (Wildman–Crippen MR) is 83.7 cm³/mol. The predicted octanol–water partition coefficient (Wildman–Crippen LogP) is 1.35. The van der Waals surface area contributed by atoms with Crippen molar-refractivity contribution >= 4 is 19.5 Å². The Labute approximate surface area is 117 Å². The molecule has 1 N–H and O–H groups in total. The molecular weight excluding hydrogens is 258 g/mol. The molecule has 0 bridgehead atoms. The lowest BCUT2D eigenvalue weighted by molar-refractivity contribution is -0.0214. The van der Waals surface area contributed by atoms with Gasteiger partial charge < -0.3 is 14.2 Å². The lowest BCUT2D eigenvalue weighted by Gasteiger charge is -2.46. The molecule has 0 aromatic carbocycles. The highest BCUT2D eigenvalue weighted by molar-refractivity contribution is 6.54. The van der Waals surface area contributed by atoms with Crippen molar-refractivity contribution in [2.24, 2.45) is 0 Å². The summed E-state index contributed by atoms with van der Waals surface area (Å²) in [6.07, 6.45) is 3.80. The number of ether oxygens (including phenoxy) is 1. The van der Waals surface area contributed by atoms with Gasteiger partial charge in [-0.25, -0.2) is 0 Å². The van der Waals surface area contributed by atoms with Crippen molar-refractivity contribution in [3.05, 3.63) is 0 Å². The molecule has 1 rings (SSSR count). The van der Waals surface area contributed by atoms with Crippen molar-refractivity contribution < 1.29 is 8.85 Å². The van der Waals surface area contributed by atoms with Gasteiger partial charge in [-0.3, -0.25) is 0 Å². The van der Waals surface area contributed by atoms with Gasteiger partial charge in [0, 0.05) is 17.7 Å². The van der Waals surface area contributed by atoms with E-state index in [0.29, 0.717) is 6.10 Å². The zero-order valence-corrected chi connectivity index (χ0v) is 16.2. The number of rotatable bonds is 6. The molecule has 0 aliphatic carbocycles. The fourth-order valence-electron chi connectivity index (χ4n) is 3.09. The van der Waals surface area contributed by atoms with Crippen LogP contribution in [0, 0.1) is 0 Å². The van der Waals surface area contributed by atoms with Crippen molar-refractivity contribution in [3.63, 3.8) is 0 Å². The summed E-state index contributed by atoms with van der Waals surface area (Å²) in [5, 5.41) is 3.69. The third-order valence-corrected chi connectivity index (χ3v) is 8.10. The molecule has 0 amide bonds. The molecule has 1 saturated heterocycles. The largest absolute Gasteiger partial charge is 0.466 e. The van der Waals surface area contributed by atoms with Gasteiger partial charge in [0.15, 0.2) is 9.04 Å². The first-order chi connectivity index (χ1) is 8.24. The van der Waals surface area contributed by atoms with E-state index >= 15 is 0 Å².